The van der Waals surface area contributed by atoms with Crippen LogP contribution in [0.4, 0.5) is 0 Å². The molecule has 2 N–H and O–H groups in total. The summed E-state index contributed by atoms with van der Waals surface area (Å²) >= 11 is 0. The minimum atomic E-state index is 0.133. The van der Waals surface area contributed by atoms with Crippen molar-refractivity contribution in [3.63, 3.8) is 0 Å². The Morgan fingerprint density at radius 2 is 1.75 bits per heavy atom. The highest BCUT2D eigenvalue weighted by Gasteiger charge is 2.26. The first-order valence-electron chi connectivity index (χ1n) is 8.22. The van der Waals surface area contributed by atoms with Crippen LogP contribution in [0.1, 0.15) is 63.6 Å². The molecule has 20 heavy (non-hydrogen) atoms. The van der Waals surface area contributed by atoms with Gasteiger partial charge in [-0.25, -0.2) is 0 Å². The Labute approximate surface area is 124 Å². The molecular formula is C18H30N2. The van der Waals surface area contributed by atoms with Crippen LogP contribution in [0.5, 0.6) is 0 Å². The fraction of sp³-hybridized carbons (Fsp3) is 0.667. The standard InChI is InChI=1S/C18H30N2/c1-4-6-16-9-11-17(12-10-16)18(19)13-20-14(2)7-5-8-15(20)3/h9-12,14-15,18H,4-8,13,19H2,1-3H3/t14-,15+,18?. The molecule has 1 aromatic rings. The van der Waals surface area contributed by atoms with Gasteiger partial charge < -0.3 is 5.73 Å². The fourth-order valence-electron chi connectivity index (χ4n) is 3.39. The van der Waals surface area contributed by atoms with Crippen LogP contribution in [0, 0.1) is 0 Å². The lowest BCUT2D eigenvalue weighted by Gasteiger charge is -2.40. The van der Waals surface area contributed by atoms with Gasteiger partial charge in [0, 0.05) is 24.7 Å². The quantitative estimate of drug-likeness (QED) is 0.882. The van der Waals surface area contributed by atoms with Crippen LogP contribution in [-0.4, -0.2) is 23.5 Å². The summed E-state index contributed by atoms with van der Waals surface area (Å²) in [5, 5.41) is 0. The average Bonchev–Trinajstić information content (AvgIpc) is 2.44. The van der Waals surface area contributed by atoms with Gasteiger partial charge in [-0.05, 0) is 44.2 Å². The van der Waals surface area contributed by atoms with Crippen molar-refractivity contribution in [2.24, 2.45) is 5.73 Å². The van der Waals surface area contributed by atoms with E-state index in [1.807, 2.05) is 0 Å². The van der Waals surface area contributed by atoms with Crippen LogP contribution >= 0.6 is 0 Å². The zero-order chi connectivity index (χ0) is 14.5. The molecule has 1 saturated heterocycles. The molecule has 3 atom stereocenters. The molecule has 0 radical (unpaired) electrons. The van der Waals surface area contributed by atoms with Crippen LogP contribution in [0.3, 0.4) is 0 Å². The lowest BCUT2D eigenvalue weighted by Crippen LogP contribution is -2.46. The second kappa shape index (κ2) is 7.24. The van der Waals surface area contributed by atoms with Gasteiger partial charge in [-0.2, -0.15) is 0 Å². The van der Waals surface area contributed by atoms with Crippen molar-refractivity contribution in [1.82, 2.24) is 4.90 Å². The number of hydrogen-bond donors (Lipinski definition) is 1. The van der Waals surface area contributed by atoms with Crippen LogP contribution < -0.4 is 5.73 Å². The summed E-state index contributed by atoms with van der Waals surface area (Å²) in [7, 11) is 0. The Bertz CT molecular complexity index is 388. The number of nitrogens with zero attached hydrogens (tertiary/aromatic N) is 1. The van der Waals surface area contributed by atoms with Crippen molar-refractivity contribution >= 4 is 0 Å². The minimum absolute atomic E-state index is 0.133. The number of nitrogens with two attached hydrogens (primary N) is 1. The maximum atomic E-state index is 6.43. The van der Waals surface area contributed by atoms with Gasteiger partial charge >= 0.3 is 0 Å². The number of rotatable bonds is 5. The zero-order valence-corrected chi connectivity index (χ0v) is 13.3. The summed E-state index contributed by atoms with van der Waals surface area (Å²) < 4.78 is 0. The van der Waals surface area contributed by atoms with Gasteiger partial charge in [-0.15, -0.1) is 0 Å². The first kappa shape index (κ1) is 15.5. The SMILES string of the molecule is CCCc1ccc(C(N)CN2[C@H](C)CCC[C@@H]2C)cc1. The number of piperidine rings is 1. The summed E-state index contributed by atoms with van der Waals surface area (Å²) in [5.74, 6) is 0. The first-order chi connectivity index (χ1) is 9.61. The van der Waals surface area contributed by atoms with E-state index in [4.69, 9.17) is 5.73 Å². The van der Waals surface area contributed by atoms with Crippen molar-refractivity contribution < 1.29 is 0 Å². The van der Waals surface area contributed by atoms with Gasteiger partial charge in [0.2, 0.25) is 0 Å². The van der Waals surface area contributed by atoms with Gasteiger partial charge in [0.05, 0.1) is 0 Å². The molecule has 0 aliphatic carbocycles. The molecule has 2 heteroatoms. The Morgan fingerprint density at radius 3 is 2.30 bits per heavy atom. The molecule has 2 nitrogen and oxygen atoms in total. The second-order valence-corrected chi connectivity index (χ2v) is 6.42. The van der Waals surface area contributed by atoms with Gasteiger partial charge in [0.25, 0.3) is 0 Å². The molecular weight excluding hydrogens is 244 g/mol. The number of aryl methyl sites for hydroxylation is 1. The molecule has 1 aliphatic heterocycles. The Balaban J connectivity index is 1.98. The van der Waals surface area contributed by atoms with E-state index < -0.39 is 0 Å². The normalized spacial score (nSPS) is 25.6. The van der Waals surface area contributed by atoms with Crippen LogP contribution in [0.2, 0.25) is 0 Å². The Morgan fingerprint density at radius 1 is 1.15 bits per heavy atom. The summed E-state index contributed by atoms with van der Waals surface area (Å²) in [5.41, 5.74) is 9.13. The molecule has 1 fully saturated rings. The van der Waals surface area contributed by atoms with Crippen LogP contribution in [0.15, 0.2) is 24.3 Å². The van der Waals surface area contributed by atoms with Gasteiger partial charge in [0.1, 0.15) is 0 Å². The van der Waals surface area contributed by atoms with E-state index >= 15 is 0 Å². The van der Waals surface area contributed by atoms with E-state index in [2.05, 4.69) is 49.9 Å². The van der Waals surface area contributed by atoms with E-state index in [0.717, 1.165) is 13.0 Å². The van der Waals surface area contributed by atoms with Crippen molar-refractivity contribution in [2.45, 2.75) is 71.0 Å². The molecule has 0 saturated carbocycles. The molecule has 0 bridgehead atoms. The smallest absolute Gasteiger partial charge is 0.0424 e. The maximum absolute atomic E-state index is 6.43. The molecule has 1 heterocycles. The molecule has 2 rings (SSSR count). The van der Waals surface area contributed by atoms with Gasteiger partial charge in [-0.3, -0.25) is 4.90 Å². The summed E-state index contributed by atoms with van der Waals surface area (Å²) in [6.45, 7) is 7.88. The highest BCUT2D eigenvalue weighted by atomic mass is 15.2. The van der Waals surface area contributed by atoms with E-state index in [-0.39, 0.29) is 6.04 Å². The Hall–Kier alpha value is -0.860. The third-order valence-electron chi connectivity index (χ3n) is 4.73. The Kier molecular flexibility index (Phi) is 5.62. The number of benzene rings is 1. The molecule has 1 aliphatic rings. The topological polar surface area (TPSA) is 29.3 Å². The first-order valence-corrected chi connectivity index (χ1v) is 8.22. The molecule has 0 amide bonds. The van der Waals surface area contributed by atoms with E-state index in [1.165, 1.54) is 36.8 Å². The molecule has 0 spiro atoms. The van der Waals surface area contributed by atoms with Crippen molar-refractivity contribution in [1.29, 1.82) is 0 Å². The summed E-state index contributed by atoms with van der Waals surface area (Å²) in [4.78, 5) is 2.59. The van der Waals surface area contributed by atoms with E-state index in [9.17, 15) is 0 Å². The summed E-state index contributed by atoms with van der Waals surface area (Å²) in [6.07, 6.45) is 6.35. The number of likely N-dealkylation sites (tertiary alicyclic amines) is 1. The molecule has 0 aromatic heterocycles. The fourth-order valence-corrected chi connectivity index (χ4v) is 3.39. The van der Waals surface area contributed by atoms with Crippen molar-refractivity contribution in [3.8, 4) is 0 Å². The lowest BCUT2D eigenvalue weighted by atomic mass is 9.95. The third kappa shape index (κ3) is 3.83. The molecule has 1 aromatic carbocycles. The monoisotopic (exact) mass is 274 g/mol. The van der Waals surface area contributed by atoms with Gasteiger partial charge in [0.15, 0.2) is 0 Å². The predicted octanol–water partition coefficient (Wildman–Crippen LogP) is 3.90. The van der Waals surface area contributed by atoms with Crippen LogP contribution in [-0.2, 0) is 6.42 Å². The van der Waals surface area contributed by atoms with Crippen molar-refractivity contribution in [3.05, 3.63) is 35.4 Å². The van der Waals surface area contributed by atoms with Crippen molar-refractivity contribution in [2.75, 3.05) is 6.54 Å². The zero-order valence-electron chi connectivity index (χ0n) is 13.3. The highest BCUT2D eigenvalue weighted by Crippen LogP contribution is 2.25. The van der Waals surface area contributed by atoms with Gasteiger partial charge in [-0.1, -0.05) is 44.0 Å². The average molecular weight is 274 g/mol. The minimum Gasteiger partial charge on any atom is -0.323 e. The van der Waals surface area contributed by atoms with E-state index in [0.29, 0.717) is 12.1 Å². The largest absolute Gasteiger partial charge is 0.323 e. The molecule has 112 valence electrons. The predicted molar refractivity (Wildman–Crippen MR) is 86.8 cm³/mol. The maximum Gasteiger partial charge on any atom is 0.0424 e. The molecule has 1 unspecified atom stereocenters. The summed E-state index contributed by atoms with van der Waals surface area (Å²) in [6, 6.07) is 10.4. The lowest BCUT2D eigenvalue weighted by molar-refractivity contribution is 0.0961. The van der Waals surface area contributed by atoms with E-state index in [1.54, 1.807) is 0 Å². The second-order valence-electron chi connectivity index (χ2n) is 6.42. The highest BCUT2D eigenvalue weighted by molar-refractivity contribution is 5.25. The number of hydrogen-bond acceptors (Lipinski definition) is 2. The van der Waals surface area contributed by atoms with Crippen LogP contribution in [0.25, 0.3) is 0 Å². The third-order valence-corrected chi connectivity index (χ3v) is 4.73.